The average Bonchev–Trinajstić information content (AvgIpc) is 2.27. The largest absolute Gasteiger partial charge is 0.437 e. The summed E-state index contributed by atoms with van der Waals surface area (Å²) >= 11 is 0. The van der Waals surface area contributed by atoms with Crippen LogP contribution in [0.25, 0.3) is 0 Å². The molecule has 0 aliphatic carbocycles. The first-order chi connectivity index (χ1) is 10.6. The maximum atomic E-state index is 11.3. The molecular weight excluding hydrogens is 371 g/mol. The lowest BCUT2D eigenvalue weighted by molar-refractivity contribution is -0.116. The average molecular weight is 408 g/mol. The Balaban J connectivity index is 4.94. The minimum atomic E-state index is -2.36. The van der Waals surface area contributed by atoms with Gasteiger partial charge in [0.25, 0.3) is 0 Å². The number of nitrogens with one attached hydrogen (secondary N) is 1. The van der Waals surface area contributed by atoms with Crippen LogP contribution in [0.4, 0.5) is 0 Å². The Morgan fingerprint density at radius 3 is 1.83 bits per heavy atom. The molecule has 0 aromatic carbocycles. The predicted octanol–water partition coefficient (Wildman–Crippen LogP) is 4.17. The molecule has 0 radical (unpaired) electrons. The summed E-state index contributed by atoms with van der Waals surface area (Å²) in [6, 6.07) is 0.847. The molecule has 0 aliphatic heterocycles. The molecule has 0 aromatic rings. The summed E-state index contributed by atoms with van der Waals surface area (Å²) in [5.74, 6) is -0.137. The lowest BCUT2D eigenvalue weighted by Crippen LogP contribution is -2.56. The quantitative estimate of drug-likeness (QED) is 0.317. The van der Waals surface area contributed by atoms with Crippen molar-refractivity contribution in [3.05, 3.63) is 12.7 Å². The van der Waals surface area contributed by atoms with Crippen molar-refractivity contribution in [2.75, 3.05) is 6.54 Å². The van der Waals surface area contributed by atoms with Gasteiger partial charge in [0.2, 0.25) is 5.91 Å². The van der Waals surface area contributed by atoms with Gasteiger partial charge in [0.15, 0.2) is 16.6 Å². The maximum absolute atomic E-state index is 11.3. The number of amides is 1. The molecule has 1 amide bonds. The molecule has 0 bridgehead atoms. The van der Waals surface area contributed by atoms with Gasteiger partial charge in [-0.1, -0.05) is 6.58 Å². The molecule has 0 aromatic heterocycles. The zero-order valence-electron chi connectivity index (χ0n) is 17.0. The molecule has 0 aliphatic rings. The molecule has 142 valence electrons. The van der Waals surface area contributed by atoms with Gasteiger partial charge < -0.3 is 17.7 Å². The van der Waals surface area contributed by atoms with E-state index in [0.29, 0.717) is 6.54 Å². The van der Waals surface area contributed by atoms with Crippen LogP contribution in [0.3, 0.4) is 0 Å². The number of carbonyl (C=O) groups is 1. The lowest BCUT2D eigenvalue weighted by Gasteiger charge is -2.41. The van der Waals surface area contributed by atoms with E-state index in [1.54, 1.807) is 0 Å². The summed E-state index contributed by atoms with van der Waals surface area (Å²) in [4.78, 5) is 11.3. The van der Waals surface area contributed by atoms with Gasteiger partial charge in [-0.05, 0) is 77.5 Å². The molecule has 1 unspecified atom stereocenters. The molecule has 5 nitrogen and oxygen atoms in total. The van der Waals surface area contributed by atoms with Crippen LogP contribution in [-0.4, -0.2) is 46.2 Å². The third-order valence-corrected chi connectivity index (χ3v) is 16.4. The summed E-state index contributed by atoms with van der Waals surface area (Å²) in [6.45, 7) is 23.6. The molecule has 0 spiro atoms. The van der Waals surface area contributed by atoms with Crippen LogP contribution in [0, 0.1) is 0 Å². The highest BCUT2D eigenvalue weighted by molar-refractivity contribution is 6.89. The molecule has 0 saturated carbocycles. The first-order valence-electron chi connectivity index (χ1n) is 8.58. The topological polar surface area (TPSA) is 56.8 Å². The number of carbonyl (C=O) groups excluding carboxylic acids is 1. The Hall–Kier alpha value is -0.0425. The van der Waals surface area contributed by atoms with Gasteiger partial charge in [0.05, 0.1) is 0 Å². The molecular formula is C15H37NO4Si4. The first kappa shape index (κ1) is 24.0. The highest BCUT2D eigenvalue weighted by Crippen LogP contribution is 2.27. The van der Waals surface area contributed by atoms with Crippen molar-refractivity contribution >= 4 is 39.7 Å². The second-order valence-corrected chi connectivity index (χ2v) is 25.1. The van der Waals surface area contributed by atoms with E-state index in [-0.39, 0.29) is 5.91 Å². The molecule has 24 heavy (non-hydrogen) atoms. The number of hydrogen-bond donors (Lipinski definition) is 1. The minimum absolute atomic E-state index is 0.137. The Morgan fingerprint density at radius 1 is 0.917 bits per heavy atom. The molecule has 0 heterocycles. The first-order valence-corrected chi connectivity index (χ1v) is 20.7. The Kier molecular flexibility index (Phi) is 9.04. The molecule has 1 atom stereocenters. The van der Waals surface area contributed by atoms with E-state index in [4.69, 9.17) is 12.3 Å². The Morgan fingerprint density at radius 2 is 1.42 bits per heavy atom. The molecule has 0 rings (SSSR count). The van der Waals surface area contributed by atoms with E-state index in [1.807, 2.05) is 0 Å². The van der Waals surface area contributed by atoms with Gasteiger partial charge in [-0.25, -0.2) is 0 Å². The monoisotopic (exact) mass is 407 g/mol. The summed E-state index contributed by atoms with van der Waals surface area (Å²) in [5, 5.41) is 2.82. The van der Waals surface area contributed by atoms with Gasteiger partial charge >= 0.3 is 17.1 Å². The van der Waals surface area contributed by atoms with E-state index in [9.17, 15) is 4.79 Å². The van der Waals surface area contributed by atoms with Gasteiger partial charge in [-0.15, -0.1) is 0 Å². The van der Waals surface area contributed by atoms with Gasteiger partial charge in [-0.3, -0.25) is 4.79 Å². The third-order valence-electron chi connectivity index (χ3n) is 2.83. The van der Waals surface area contributed by atoms with Crippen LogP contribution in [0.2, 0.25) is 65.0 Å². The van der Waals surface area contributed by atoms with E-state index in [1.165, 1.54) is 6.08 Å². The van der Waals surface area contributed by atoms with Crippen molar-refractivity contribution in [2.45, 2.75) is 71.4 Å². The standard InChI is InChI=1S/C15H37NO4Si4/c1-11-15(17)16-13-12-14-24(10,19-22(5,6)7)20-23(8,9)18-21(2,3)4/h11H,1,12-14H2,2-10H3,(H,16,17). The normalized spacial score (nSPS) is 15.7. The zero-order valence-corrected chi connectivity index (χ0v) is 21.0. The molecule has 0 fully saturated rings. The zero-order chi connectivity index (χ0) is 19.2. The fourth-order valence-corrected chi connectivity index (χ4v) is 20.7. The summed E-state index contributed by atoms with van der Waals surface area (Å²) in [7, 11) is -8.00. The smallest absolute Gasteiger partial charge is 0.315 e. The van der Waals surface area contributed by atoms with Crippen LogP contribution >= 0.6 is 0 Å². The van der Waals surface area contributed by atoms with E-state index in [0.717, 1.165) is 12.5 Å². The van der Waals surface area contributed by atoms with Crippen LogP contribution in [0.15, 0.2) is 12.7 Å². The molecule has 1 N–H and O–H groups in total. The van der Waals surface area contributed by atoms with E-state index in [2.05, 4.69) is 70.8 Å². The maximum Gasteiger partial charge on any atom is 0.315 e. The summed E-state index contributed by atoms with van der Waals surface area (Å²) in [5.41, 5.74) is 0. The molecule has 0 saturated heterocycles. The van der Waals surface area contributed by atoms with Gasteiger partial charge in [0, 0.05) is 6.54 Å². The fraction of sp³-hybridized carbons (Fsp3) is 0.800. The third kappa shape index (κ3) is 12.3. The van der Waals surface area contributed by atoms with Crippen molar-refractivity contribution in [1.29, 1.82) is 0 Å². The number of rotatable bonds is 11. The number of hydrogen-bond acceptors (Lipinski definition) is 4. The SMILES string of the molecule is C=CC(=O)NCCC[Si](C)(O[Si](C)(C)C)O[Si](C)(C)O[Si](C)(C)C. The second kappa shape index (κ2) is 9.06. The van der Waals surface area contributed by atoms with Crippen molar-refractivity contribution < 1.29 is 17.1 Å². The predicted molar refractivity (Wildman–Crippen MR) is 112 cm³/mol. The fourth-order valence-electron chi connectivity index (χ4n) is 2.74. The minimum Gasteiger partial charge on any atom is -0.437 e. The summed E-state index contributed by atoms with van der Waals surface area (Å²) < 4.78 is 19.4. The van der Waals surface area contributed by atoms with Crippen LogP contribution in [0.5, 0.6) is 0 Å². The molecule has 9 heteroatoms. The van der Waals surface area contributed by atoms with E-state index < -0.39 is 33.8 Å². The van der Waals surface area contributed by atoms with Crippen LogP contribution in [-0.2, 0) is 17.1 Å². The second-order valence-electron chi connectivity index (χ2n) is 8.66. The van der Waals surface area contributed by atoms with Crippen LogP contribution in [0.1, 0.15) is 6.42 Å². The highest BCUT2D eigenvalue weighted by atomic mass is 28.5. The lowest BCUT2D eigenvalue weighted by atomic mass is 10.4. The Labute approximate surface area is 152 Å². The van der Waals surface area contributed by atoms with Crippen molar-refractivity contribution in [3.8, 4) is 0 Å². The summed E-state index contributed by atoms with van der Waals surface area (Å²) in [6.07, 6.45) is 2.13. The van der Waals surface area contributed by atoms with Crippen LogP contribution < -0.4 is 5.32 Å². The Bertz CT molecular complexity index is 432. The van der Waals surface area contributed by atoms with Crippen molar-refractivity contribution in [3.63, 3.8) is 0 Å². The van der Waals surface area contributed by atoms with E-state index >= 15 is 0 Å². The van der Waals surface area contributed by atoms with Gasteiger partial charge in [0.1, 0.15) is 0 Å². The van der Waals surface area contributed by atoms with Crippen molar-refractivity contribution in [1.82, 2.24) is 5.32 Å². The van der Waals surface area contributed by atoms with Gasteiger partial charge in [-0.2, -0.15) is 0 Å². The highest BCUT2D eigenvalue weighted by Gasteiger charge is 2.44. The van der Waals surface area contributed by atoms with Crippen molar-refractivity contribution in [2.24, 2.45) is 0 Å².